The number of aliphatic hydroxyl groups excluding tert-OH is 2. The fourth-order valence-electron chi connectivity index (χ4n) is 4.95. The van der Waals surface area contributed by atoms with Gasteiger partial charge in [0.25, 0.3) is 5.95 Å². The van der Waals surface area contributed by atoms with Gasteiger partial charge in [0.1, 0.15) is 12.2 Å². The Morgan fingerprint density at radius 3 is 2.74 bits per heavy atom. The number of nitrogens with zero attached hydrogens (tertiary/aromatic N) is 6. The molecule has 0 aliphatic carbocycles. The molecule has 0 saturated carbocycles. The van der Waals surface area contributed by atoms with Crippen LogP contribution in [-0.4, -0.2) is 83.0 Å². The summed E-state index contributed by atoms with van der Waals surface area (Å²) in [7, 11) is 0. The van der Waals surface area contributed by atoms with Crippen LogP contribution in [0.5, 0.6) is 0 Å². The first-order valence-electron chi connectivity index (χ1n) is 12.9. The van der Waals surface area contributed by atoms with E-state index < -0.39 is 30.4 Å². The number of nitrogens with one attached hydrogen (secondary N) is 1. The van der Waals surface area contributed by atoms with Crippen LogP contribution in [0.4, 0.5) is 5.82 Å². The molecule has 4 aromatic rings. The first-order valence-corrected chi connectivity index (χ1v) is 12.9. The van der Waals surface area contributed by atoms with Gasteiger partial charge in [-0.1, -0.05) is 29.8 Å². The fourth-order valence-corrected chi connectivity index (χ4v) is 4.95. The zero-order valence-corrected chi connectivity index (χ0v) is 21.3. The quantitative estimate of drug-likeness (QED) is 0.256. The van der Waals surface area contributed by atoms with E-state index in [0.717, 1.165) is 23.1 Å². The number of fused-ring (bicyclic) bond motifs is 1. The largest absolute Gasteiger partial charge is 0.388 e. The van der Waals surface area contributed by atoms with E-state index in [2.05, 4.69) is 15.4 Å². The maximum atomic E-state index is 11.3. The predicted molar refractivity (Wildman–Crippen MR) is 140 cm³/mol. The number of amides is 1. The Bertz CT molecular complexity index is 1480. The molecule has 5 N–H and O–H groups in total. The van der Waals surface area contributed by atoms with Crippen molar-refractivity contribution in [3.05, 3.63) is 48.5 Å². The van der Waals surface area contributed by atoms with E-state index in [1.165, 1.54) is 6.33 Å². The molecule has 2 aliphatic rings. The van der Waals surface area contributed by atoms with E-state index in [1.54, 1.807) is 15.4 Å². The predicted octanol–water partition coefficient (Wildman–Crippen LogP) is 1.07. The summed E-state index contributed by atoms with van der Waals surface area (Å²) in [5.41, 5.74) is 9.20. The highest BCUT2D eigenvalue weighted by molar-refractivity contribution is 5.84. The van der Waals surface area contributed by atoms with Crippen LogP contribution in [0.25, 0.3) is 28.2 Å². The smallest absolute Gasteiger partial charge is 0.254 e. The minimum Gasteiger partial charge on any atom is -0.388 e. The van der Waals surface area contributed by atoms with Crippen molar-refractivity contribution < 1.29 is 24.5 Å². The number of imidazole rings is 1. The van der Waals surface area contributed by atoms with Gasteiger partial charge in [-0.3, -0.25) is 9.36 Å². The third-order valence-corrected chi connectivity index (χ3v) is 7.14. The number of carbonyl (C=O) groups excluding carboxylic acids is 1. The summed E-state index contributed by atoms with van der Waals surface area (Å²) >= 11 is 0. The molecule has 13 nitrogen and oxygen atoms in total. The first kappa shape index (κ1) is 25.4. The maximum absolute atomic E-state index is 11.3. The number of nitrogens with two attached hydrogens (primary N) is 1. The highest BCUT2D eigenvalue weighted by Crippen LogP contribution is 2.34. The number of rotatable bonds is 8. The fraction of sp³-hybridized carbons (Fsp3) is 0.423. The second kappa shape index (κ2) is 10.3. The van der Waals surface area contributed by atoms with Crippen LogP contribution in [0, 0.1) is 6.92 Å². The van der Waals surface area contributed by atoms with Crippen molar-refractivity contribution in [1.29, 1.82) is 0 Å². The lowest BCUT2D eigenvalue weighted by molar-refractivity contribution is -0.119. The Kier molecular flexibility index (Phi) is 6.73. The molecule has 5 heterocycles. The number of aromatic nitrogens is 6. The summed E-state index contributed by atoms with van der Waals surface area (Å²) in [6.45, 7) is 3.23. The molecule has 0 spiro atoms. The summed E-state index contributed by atoms with van der Waals surface area (Å²) in [4.78, 5) is 25.2. The van der Waals surface area contributed by atoms with Gasteiger partial charge in [-0.25, -0.2) is 9.67 Å². The lowest BCUT2D eigenvalue weighted by Crippen LogP contribution is -2.32. The molecular formula is C26H30N8O5. The van der Waals surface area contributed by atoms with Gasteiger partial charge in [0.05, 0.1) is 31.3 Å². The zero-order chi connectivity index (χ0) is 27.1. The van der Waals surface area contributed by atoms with Crippen molar-refractivity contribution in [3.63, 3.8) is 0 Å². The summed E-state index contributed by atoms with van der Waals surface area (Å²) in [5.74, 6) is 0.280. The van der Waals surface area contributed by atoms with Crippen molar-refractivity contribution in [2.24, 2.45) is 5.73 Å². The Hall–Kier alpha value is -3.91. The topological polar surface area (TPSA) is 175 Å². The van der Waals surface area contributed by atoms with E-state index in [9.17, 15) is 15.0 Å². The number of aryl methyl sites for hydroxylation is 1. The number of aliphatic hydroxyl groups is 2. The Morgan fingerprint density at radius 2 is 2.00 bits per heavy atom. The third-order valence-electron chi connectivity index (χ3n) is 7.14. The number of anilines is 1. The minimum atomic E-state index is -1.27. The number of hydrogen-bond donors (Lipinski definition) is 4. The van der Waals surface area contributed by atoms with Crippen LogP contribution in [0.1, 0.15) is 31.1 Å². The van der Waals surface area contributed by atoms with Crippen LogP contribution < -0.4 is 11.1 Å². The normalized spacial score (nSPS) is 24.9. The Labute approximate surface area is 223 Å². The third kappa shape index (κ3) is 4.96. The van der Waals surface area contributed by atoms with Gasteiger partial charge < -0.3 is 30.7 Å². The van der Waals surface area contributed by atoms with Gasteiger partial charge in [-0.05, 0) is 25.3 Å². The molecule has 39 heavy (non-hydrogen) atoms. The number of carbonyl (C=O) groups is 1. The van der Waals surface area contributed by atoms with Crippen molar-refractivity contribution in [3.8, 4) is 17.1 Å². The van der Waals surface area contributed by atoms with Crippen LogP contribution in [-0.2, 0) is 14.3 Å². The van der Waals surface area contributed by atoms with Crippen LogP contribution in [0.2, 0.25) is 0 Å². The van der Waals surface area contributed by atoms with Gasteiger partial charge in [0, 0.05) is 24.8 Å². The highest BCUT2D eigenvalue weighted by atomic mass is 16.6. The van der Waals surface area contributed by atoms with Crippen LogP contribution in [0.15, 0.2) is 43.0 Å². The molecule has 1 amide bonds. The van der Waals surface area contributed by atoms with Crippen molar-refractivity contribution in [2.45, 2.75) is 56.8 Å². The van der Waals surface area contributed by atoms with Gasteiger partial charge in [-0.2, -0.15) is 15.1 Å². The van der Waals surface area contributed by atoms with Gasteiger partial charge >= 0.3 is 0 Å². The Balaban J connectivity index is 1.38. The molecule has 5 atom stereocenters. The zero-order valence-electron chi connectivity index (χ0n) is 21.3. The van der Waals surface area contributed by atoms with E-state index in [4.69, 9.17) is 25.2 Å². The lowest BCUT2D eigenvalue weighted by Gasteiger charge is -2.17. The molecule has 3 aromatic heterocycles. The molecule has 2 aliphatic heterocycles. The van der Waals surface area contributed by atoms with E-state index in [-0.39, 0.29) is 18.9 Å². The second-order valence-electron chi connectivity index (χ2n) is 9.99. The Morgan fingerprint density at radius 1 is 1.18 bits per heavy atom. The molecule has 13 heteroatoms. The van der Waals surface area contributed by atoms with Crippen molar-refractivity contribution >= 4 is 22.9 Å². The number of primary amides is 1. The molecule has 204 valence electrons. The second-order valence-corrected chi connectivity index (χ2v) is 9.99. The van der Waals surface area contributed by atoms with E-state index in [0.29, 0.717) is 36.1 Å². The summed E-state index contributed by atoms with van der Waals surface area (Å²) < 4.78 is 14.6. The standard InChI is InChI=1S/C26H30N8O5/c1-14-2-4-15(5-3-14)16-10-29-34(11-16)26-31-23(30-17-8-9-38-12-17)20-24(32-26)33(13-28-20)25-22(37)21(36)18(39-25)6-7-19(27)35/h2-5,10-11,13,17-18,21-22,25,36-37H,6-9,12H2,1H3,(H2,27,35)(H,30,31,32)/t17?,18-,21-,22+,25+/m0/s1. The molecule has 2 saturated heterocycles. The average molecular weight is 535 g/mol. The molecule has 6 rings (SSSR count). The minimum absolute atomic E-state index is 0.0261. The molecule has 1 aromatic carbocycles. The monoisotopic (exact) mass is 534 g/mol. The molecular weight excluding hydrogens is 504 g/mol. The summed E-state index contributed by atoms with van der Waals surface area (Å²) in [5, 5.41) is 29.3. The number of benzene rings is 1. The SMILES string of the molecule is Cc1ccc(-c2cnn(-c3nc(NC4CCOC4)c4ncn([C@@H]5O[C@@H](CCC(N)=O)[C@H](O)[C@H]5O)c4n3)c2)cc1. The van der Waals surface area contributed by atoms with Gasteiger partial charge in [0.15, 0.2) is 23.2 Å². The summed E-state index contributed by atoms with van der Waals surface area (Å²) in [6.07, 6.45) is 1.90. The van der Waals surface area contributed by atoms with Crippen molar-refractivity contribution in [2.75, 3.05) is 18.5 Å². The molecule has 2 fully saturated rings. The lowest BCUT2D eigenvalue weighted by atomic mass is 10.1. The average Bonchev–Trinajstić information content (AvgIpc) is 3.72. The van der Waals surface area contributed by atoms with E-state index in [1.807, 2.05) is 37.4 Å². The maximum Gasteiger partial charge on any atom is 0.254 e. The summed E-state index contributed by atoms with van der Waals surface area (Å²) in [6, 6.07) is 8.19. The molecule has 1 unspecified atom stereocenters. The van der Waals surface area contributed by atoms with Crippen LogP contribution >= 0.6 is 0 Å². The van der Waals surface area contributed by atoms with Crippen molar-refractivity contribution in [1.82, 2.24) is 29.3 Å². The molecule has 0 radical (unpaired) electrons. The number of hydrogen-bond acceptors (Lipinski definition) is 10. The molecule has 0 bridgehead atoms. The first-order chi connectivity index (χ1) is 18.9. The van der Waals surface area contributed by atoms with Gasteiger partial charge in [0.2, 0.25) is 5.91 Å². The number of ether oxygens (including phenoxy) is 2. The van der Waals surface area contributed by atoms with Crippen LogP contribution in [0.3, 0.4) is 0 Å². The van der Waals surface area contributed by atoms with Gasteiger partial charge in [-0.15, -0.1) is 0 Å². The highest BCUT2D eigenvalue weighted by Gasteiger charge is 2.44. The van der Waals surface area contributed by atoms with E-state index >= 15 is 0 Å².